The fourth-order valence-corrected chi connectivity index (χ4v) is 0.862. The average molecular weight is 148 g/mol. The van der Waals surface area contributed by atoms with Crippen molar-refractivity contribution in [2.45, 2.75) is 32.0 Å². The lowest BCUT2D eigenvalue weighted by atomic mass is 10.4. The fraction of sp³-hybridized carbons (Fsp3) is 1.00. The highest BCUT2D eigenvalue weighted by molar-refractivity contribution is 4.71. The predicted molar refractivity (Wildman–Crippen MR) is 33.1 cm³/mol. The van der Waals surface area contributed by atoms with E-state index in [-0.39, 0.29) is 6.61 Å². The first-order valence-electron chi connectivity index (χ1n) is 3.19. The molecule has 0 spiro atoms. The summed E-state index contributed by atoms with van der Waals surface area (Å²) in [6.45, 7) is 3.70. The molecule has 0 radical (unpaired) electrons. The van der Waals surface area contributed by atoms with Crippen molar-refractivity contribution in [2.75, 3.05) is 6.61 Å². The Bertz CT molecular complexity index is 121. The van der Waals surface area contributed by atoms with Gasteiger partial charge >= 0.3 is 0 Å². The minimum absolute atomic E-state index is 0.241. The van der Waals surface area contributed by atoms with Crippen molar-refractivity contribution in [3.63, 3.8) is 0 Å². The van der Waals surface area contributed by atoms with Crippen molar-refractivity contribution in [1.29, 1.82) is 0 Å². The van der Waals surface area contributed by atoms with Crippen LogP contribution in [0.3, 0.4) is 0 Å². The van der Waals surface area contributed by atoms with E-state index in [0.717, 1.165) is 0 Å². The van der Waals surface area contributed by atoms with Gasteiger partial charge in [-0.05, 0) is 13.8 Å². The molecule has 1 aliphatic rings. The molecule has 1 saturated heterocycles. The zero-order valence-electron chi connectivity index (χ0n) is 6.07. The van der Waals surface area contributed by atoms with Crippen molar-refractivity contribution in [3.8, 4) is 0 Å². The molecule has 10 heavy (non-hydrogen) atoms. The van der Waals surface area contributed by atoms with Gasteiger partial charge in [-0.25, -0.2) is 0 Å². The number of aliphatic hydroxyl groups excluding tert-OH is 1. The van der Waals surface area contributed by atoms with Gasteiger partial charge in [-0.3, -0.25) is 0 Å². The van der Waals surface area contributed by atoms with Crippen LogP contribution in [0, 0.1) is 0 Å². The van der Waals surface area contributed by atoms with Gasteiger partial charge < -0.3 is 19.7 Å². The molecule has 60 valence electrons. The number of aliphatic hydroxyl groups is 2. The summed E-state index contributed by atoms with van der Waals surface area (Å²) in [6, 6.07) is 0. The molecule has 0 amide bonds. The van der Waals surface area contributed by atoms with Gasteiger partial charge in [0.05, 0.1) is 6.61 Å². The van der Waals surface area contributed by atoms with E-state index in [1.165, 1.54) is 0 Å². The van der Waals surface area contributed by atoms with Crippen LogP contribution in [0.15, 0.2) is 0 Å². The van der Waals surface area contributed by atoms with Crippen LogP contribution in [0.1, 0.15) is 13.8 Å². The first-order valence-corrected chi connectivity index (χ1v) is 3.19. The van der Waals surface area contributed by atoms with Crippen molar-refractivity contribution in [2.24, 2.45) is 0 Å². The highest BCUT2D eigenvalue weighted by atomic mass is 16.8. The standard InChI is InChI=1S/C6H12O4/c1-6(2)9-3-4(10-6)5(7)8/h4-5,7-8H,3H2,1-2H3/t4-/m1/s1. The van der Waals surface area contributed by atoms with Crippen LogP contribution >= 0.6 is 0 Å². The maximum atomic E-state index is 8.63. The number of hydrogen-bond donors (Lipinski definition) is 2. The second kappa shape index (κ2) is 2.47. The Hall–Kier alpha value is -0.160. The summed E-state index contributed by atoms with van der Waals surface area (Å²) in [6.07, 6.45) is -2.04. The molecule has 1 rings (SSSR count). The number of hydrogen-bond acceptors (Lipinski definition) is 4. The second-order valence-electron chi connectivity index (χ2n) is 2.78. The molecule has 1 fully saturated rings. The van der Waals surface area contributed by atoms with Gasteiger partial charge in [0.15, 0.2) is 12.1 Å². The lowest BCUT2D eigenvalue weighted by Gasteiger charge is -2.17. The SMILES string of the molecule is CC1(C)OC[C@H](C(O)O)O1. The third kappa shape index (κ3) is 1.67. The minimum Gasteiger partial charge on any atom is -0.366 e. The van der Waals surface area contributed by atoms with Crippen LogP contribution in [-0.4, -0.2) is 35.0 Å². The molecule has 4 heteroatoms. The summed E-state index contributed by atoms with van der Waals surface area (Å²) in [4.78, 5) is 0. The maximum Gasteiger partial charge on any atom is 0.180 e. The lowest BCUT2D eigenvalue weighted by molar-refractivity contribution is -0.183. The highest BCUT2D eigenvalue weighted by Crippen LogP contribution is 2.23. The van der Waals surface area contributed by atoms with Gasteiger partial charge in [-0.1, -0.05) is 0 Å². The average Bonchev–Trinajstić information content (AvgIpc) is 2.10. The third-order valence-corrected chi connectivity index (χ3v) is 1.36. The largest absolute Gasteiger partial charge is 0.366 e. The van der Waals surface area contributed by atoms with Crippen LogP contribution in [0.2, 0.25) is 0 Å². The second-order valence-corrected chi connectivity index (χ2v) is 2.78. The zero-order chi connectivity index (χ0) is 7.78. The summed E-state index contributed by atoms with van der Waals surface area (Å²) < 4.78 is 10.2. The van der Waals surface area contributed by atoms with E-state index in [0.29, 0.717) is 0 Å². The first kappa shape index (κ1) is 7.94. The zero-order valence-corrected chi connectivity index (χ0v) is 6.07. The van der Waals surface area contributed by atoms with Crippen molar-refractivity contribution in [3.05, 3.63) is 0 Å². The van der Waals surface area contributed by atoms with Crippen molar-refractivity contribution < 1.29 is 19.7 Å². The Balaban J connectivity index is 2.43. The molecule has 0 unspecified atom stereocenters. The number of rotatable bonds is 1. The Morgan fingerprint density at radius 1 is 1.50 bits per heavy atom. The molecule has 0 aromatic carbocycles. The Morgan fingerprint density at radius 3 is 2.30 bits per heavy atom. The van der Waals surface area contributed by atoms with Crippen LogP contribution in [0.25, 0.3) is 0 Å². The molecule has 1 atom stereocenters. The van der Waals surface area contributed by atoms with Crippen LogP contribution < -0.4 is 0 Å². The first-order chi connectivity index (χ1) is 4.51. The lowest BCUT2D eigenvalue weighted by Crippen LogP contribution is -2.30. The maximum absolute atomic E-state index is 8.63. The molecule has 1 aliphatic heterocycles. The molecule has 0 aromatic rings. The Kier molecular flexibility index (Phi) is 1.96. The van der Waals surface area contributed by atoms with E-state index in [2.05, 4.69) is 0 Å². The summed E-state index contributed by atoms with van der Waals surface area (Å²) in [5.41, 5.74) is 0. The third-order valence-electron chi connectivity index (χ3n) is 1.36. The summed E-state index contributed by atoms with van der Waals surface area (Å²) in [5.74, 6) is -0.672. The van der Waals surface area contributed by atoms with E-state index in [1.54, 1.807) is 13.8 Å². The topological polar surface area (TPSA) is 58.9 Å². The molecule has 0 aliphatic carbocycles. The molecule has 1 heterocycles. The Morgan fingerprint density at radius 2 is 2.10 bits per heavy atom. The highest BCUT2D eigenvalue weighted by Gasteiger charge is 2.35. The smallest absolute Gasteiger partial charge is 0.180 e. The van der Waals surface area contributed by atoms with Crippen molar-refractivity contribution in [1.82, 2.24) is 0 Å². The van der Waals surface area contributed by atoms with Gasteiger partial charge in [-0.15, -0.1) is 0 Å². The van der Waals surface area contributed by atoms with Gasteiger partial charge in [0.25, 0.3) is 0 Å². The monoisotopic (exact) mass is 148 g/mol. The summed E-state index contributed by atoms with van der Waals surface area (Å²) in [5, 5.41) is 17.3. The normalized spacial score (nSPS) is 31.5. The van der Waals surface area contributed by atoms with Crippen LogP contribution in [0.5, 0.6) is 0 Å². The van der Waals surface area contributed by atoms with Crippen LogP contribution in [0.4, 0.5) is 0 Å². The van der Waals surface area contributed by atoms with Gasteiger partial charge in [0, 0.05) is 0 Å². The van der Waals surface area contributed by atoms with Crippen LogP contribution in [-0.2, 0) is 9.47 Å². The Labute approximate surface area is 59.4 Å². The summed E-state index contributed by atoms with van der Waals surface area (Å²) >= 11 is 0. The predicted octanol–water partition coefficient (Wildman–Crippen LogP) is -0.551. The summed E-state index contributed by atoms with van der Waals surface area (Å²) in [7, 11) is 0. The van der Waals surface area contributed by atoms with Crippen molar-refractivity contribution >= 4 is 0 Å². The molecule has 4 nitrogen and oxygen atoms in total. The molecule has 0 saturated carbocycles. The van der Waals surface area contributed by atoms with Gasteiger partial charge in [-0.2, -0.15) is 0 Å². The van der Waals surface area contributed by atoms with Gasteiger partial charge in [0.1, 0.15) is 6.10 Å². The van der Waals surface area contributed by atoms with E-state index in [1.807, 2.05) is 0 Å². The minimum atomic E-state index is -1.44. The number of ether oxygens (including phenoxy) is 2. The molecule has 0 aromatic heterocycles. The quantitative estimate of drug-likeness (QED) is 0.490. The fourth-order valence-electron chi connectivity index (χ4n) is 0.862. The molecule has 2 N–H and O–H groups in total. The molecular formula is C6H12O4. The van der Waals surface area contributed by atoms with E-state index in [4.69, 9.17) is 19.7 Å². The van der Waals surface area contributed by atoms with Gasteiger partial charge in [0.2, 0.25) is 0 Å². The van der Waals surface area contributed by atoms with E-state index < -0.39 is 18.2 Å². The van der Waals surface area contributed by atoms with E-state index in [9.17, 15) is 0 Å². The molecule has 0 bridgehead atoms. The van der Waals surface area contributed by atoms with E-state index >= 15 is 0 Å². The molecular weight excluding hydrogens is 136 g/mol.